The summed E-state index contributed by atoms with van der Waals surface area (Å²) in [6.45, 7) is 22.2. The summed E-state index contributed by atoms with van der Waals surface area (Å²) < 4.78 is 5.64. The number of ether oxygens (including phenoxy) is 1. The average molecular weight is 821 g/mol. The molecular formula is C53H76N2O5. The van der Waals surface area contributed by atoms with Crippen molar-refractivity contribution < 1.29 is 23.9 Å². The van der Waals surface area contributed by atoms with Gasteiger partial charge < -0.3 is 14.5 Å². The molecule has 2 aliphatic carbocycles. The van der Waals surface area contributed by atoms with Crippen LogP contribution in [0.2, 0.25) is 0 Å². The fourth-order valence-electron chi connectivity index (χ4n) is 7.77. The first-order chi connectivity index (χ1) is 28.0. The zero-order valence-electron chi connectivity index (χ0n) is 39.5. The summed E-state index contributed by atoms with van der Waals surface area (Å²) in [6, 6.07) is 0. The quantitative estimate of drug-likeness (QED) is 0.0842. The van der Waals surface area contributed by atoms with Crippen molar-refractivity contribution in [3.8, 4) is 0 Å². The fraction of sp³-hybridized carbons (Fsp3) is 0.509. The number of Topliss-reactive ketones (excluding diaryl/α,β-unsaturated/α-hetero) is 3. The third kappa shape index (κ3) is 18.0. The number of nitrogens with zero attached hydrogens (tertiary/aromatic N) is 2. The fourth-order valence-corrected chi connectivity index (χ4v) is 7.77. The molecule has 2 atom stereocenters. The maximum Gasteiger partial charge on any atom is 0.306 e. The zero-order valence-corrected chi connectivity index (χ0v) is 39.5. The van der Waals surface area contributed by atoms with Gasteiger partial charge in [-0.1, -0.05) is 135 Å². The smallest absolute Gasteiger partial charge is 0.306 e. The predicted octanol–water partition coefficient (Wildman–Crippen LogP) is 11.4. The Morgan fingerprint density at radius 1 is 0.617 bits per heavy atom. The molecule has 0 bridgehead atoms. The van der Waals surface area contributed by atoms with Crippen molar-refractivity contribution >= 4 is 23.3 Å². The van der Waals surface area contributed by atoms with E-state index in [9.17, 15) is 19.2 Å². The molecule has 0 heterocycles. The summed E-state index contributed by atoms with van der Waals surface area (Å²) >= 11 is 0. The third-order valence-corrected chi connectivity index (χ3v) is 11.2. The number of carbonyl (C=O) groups is 4. The number of esters is 1. The normalized spacial score (nSPS) is 21.2. The van der Waals surface area contributed by atoms with Crippen LogP contribution in [-0.2, 0) is 23.9 Å². The Morgan fingerprint density at radius 2 is 1.03 bits per heavy atom. The van der Waals surface area contributed by atoms with Gasteiger partial charge >= 0.3 is 5.97 Å². The van der Waals surface area contributed by atoms with Crippen LogP contribution in [0.1, 0.15) is 114 Å². The molecule has 0 aromatic rings. The van der Waals surface area contributed by atoms with Crippen LogP contribution in [0.4, 0.5) is 0 Å². The monoisotopic (exact) mass is 821 g/mol. The van der Waals surface area contributed by atoms with E-state index >= 15 is 0 Å². The van der Waals surface area contributed by atoms with Crippen LogP contribution in [0, 0.1) is 16.7 Å². The number of hydrogen-bond donors (Lipinski definition) is 0. The summed E-state index contributed by atoms with van der Waals surface area (Å²) in [5.41, 5.74) is 7.33. The van der Waals surface area contributed by atoms with Gasteiger partial charge in [-0.25, -0.2) is 0 Å². The lowest BCUT2D eigenvalue weighted by molar-refractivity contribution is -0.156. The van der Waals surface area contributed by atoms with Crippen molar-refractivity contribution in [2.75, 3.05) is 41.3 Å². The molecule has 0 aromatic carbocycles. The SMILES string of the molecule is CC(C=CC=C(C)C=CC1=C(C)C(=O)C(CC(=O)CCCN(C)C)CC1(C)C)=CC=CC=C(C)C=CC=C(C)C=CC1=C(C)C(=O)C(OC(=O)CCCN(C)C)CC1(C)C. The number of ketones is 3. The van der Waals surface area contributed by atoms with Gasteiger partial charge in [0.1, 0.15) is 5.78 Å². The Kier molecular flexibility index (Phi) is 21.3. The Balaban J connectivity index is 1.95. The van der Waals surface area contributed by atoms with E-state index in [1.807, 2.05) is 96.4 Å². The molecule has 328 valence electrons. The van der Waals surface area contributed by atoms with Crippen molar-refractivity contribution in [3.63, 3.8) is 0 Å². The maximum atomic E-state index is 13.3. The first-order valence-corrected chi connectivity index (χ1v) is 21.6. The van der Waals surface area contributed by atoms with E-state index < -0.39 is 6.10 Å². The summed E-state index contributed by atoms with van der Waals surface area (Å²) in [4.78, 5) is 55.6. The average Bonchev–Trinajstić information content (AvgIpc) is 3.13. The van der Waals surface area contributed by atoms with Crippen LogP contribution >= 0.6 is 0 Å². The van der Waals surface area contributed by atoms with Gasteiger partial charge in [-0.3, -0.25) is 19.2 Å². The molecule has 2 rings (SSSR count). The number of carbonyl (C=O) groups excluding carboxylic acids is 4. The van der Waals surface area contributed by atoms with E-state index in [0.717, 1.165) is 58.5 Å². The topological polar surface area (TPSA) is 84.0 Å². The highest BCUT2D eigenvalue weighted by Crippen LogP contribution is 2.44. The lowest BCUT2D eigenvalue weighted by atomic mass is 9.66. The Hall–Kier alpha value is -4.46. The van der Waals surface area contributed by atoms with E-state index in [-0.39, 0.29) is 40.1 Å². The van der Waals surface area contributed by atoms with Gasteiger partial charge in [-0.2, -0.15) is 0 Å². The van der Waals surface area contributed by atoms with E-state index in [1.165, 1.54) is 0 Å². The third-order valence-electron chi connectivity index (χ3n) is 11.2. The Morgan fingerprint density at radius 3 is 1.52 bits per heavy atom. The standard InChI is InChI=1S/C53H76N2O5/c1-38(23-17-25-40(3)29-31-46-42(5)50(58)44(36-52(46,7)8)35-45(56)27-19-33-54(11)12)21-15-16-22-39(2)24-18-26-41(4)30-32-47-43(6)51(59)48(37-53(47,9)10)60-49(57)28-20-34-55(13)14/h15-18,21-26,29-32,44,48H,19-20,27-28,33-37H2,1-14H3. The van der Waals surface area contributed by atoms with Crippen LogP contribution in [0.25, 0.3) is 0 Å². The molecule has 7 nitrogen and oxygen atoms in total. The highest BCUT2D eigenvalue weighted by molar-refractivity contribution is 6.02. The molecule has 2 unspecified atom stereocenters. The number of rotatable bonds is 21. The van der Waals surface area contributed by atoms with Crippen LogP contribution in [-0.4, -0.2) is 80.5 Å². The minimum Gasteiger partial charge on any atom is -0.454 e. The molecule has 0 amide bonds. The van der Waals surface area contributed by atoms with E-state index in [0.29, 0.717) is 44.1 Å². The van der Waals surface area contributed by atoms with Gasteiger partial charge in [0.25, 0.3) is 0 Å². The van der Waals surface area contributed by atoms with Crippen molar-refractivity contribution in [1.29, 1.82) is 0 Å². The minimum atomic E-state index is -0.732. The highest BCUT2D eigenvalue weighted by Gasteiger charge is 2.40. The molecule has 0 radical (unpaired) electrons. The lowest BCUT2D eigenvalue weighted by Gasteiger charge is -2.36. The van der Waals surface area contributed by atoms with Crippen LogP contribution < -0.4 is 0 Å². The molecule has 0 fully saturated rings. The Labute approximate surface area is 363 Å². The number of hydrogen-bond acceptors (Lipinski definition) is 7. The molecule has 0 aliphatic heterocycles. The second kappa shape index (κ2) is 24.7. The van der Waals surface area contributed by atoms with Crippen molar-refractivity contribution in [2.24, 2.45) is 16.7 Å². The van der Waals surface area contributed by atoms with Gasteiger partial charge in [0, 0.05) is 31.6 Å². The van der Waals surface area contributed by atoms with Crippen molar-refractivity contribution in [1.82, 2.24) is 9.80 Å². The molecular weight excluding hydrogens is 745 g/mol. The van der Waals surface area contributed by atoms with E-state index in [2.05, 4.69) is 95.9 Å². The highest BCUT2D eigenvalue weighted by atomic mass is 16.5. The molecule has 7 heteroatoms. The molecule has 0 N–H and O–H groups in total. The molecule has 0 saturated carbocycles. The summed E-state index contributed by atoms with van der Waals surface area (Å²) in [7, 11) is 7.95. The second-order valence-corrected chi connectivity index (χ2v) is 18.6. The predicted molar refractivity (Wildman–Crippen MR) is 252 cm³/mol. The van der Waals surface area contributed by atoms with E-state index in [4.69, 9.17) is 4.74 Å². The molecule has 60 heavy (non-hydrogen) atoms. The number of allylic oxidation sites excluding steroid dienone is 21. The second-order valence-electron chi connectivity index (χ2n) is 18.6. The zero-order chi connectivity index (χ0) is 45.2. The van der Waals surface area contributed by atoms with Gasteiger partial charge in [-0.15, -0.1) is 0 Å². The van der Waals surface area contributed by atoms with Crippen LogP contribution in [0.15, 0.2) is 130 Å². The first-order valence-electron chi connectivity index (χ1n) is 21.6. The van der Waals surface area contributed by atoms with Gasteiger partial charge in [-0.05, 0) is 135 Å². The van der Waals surface area contributed by atoms with Gasteiger partial charge in [0.05, 0.1) is 0 Å². The lowest BCUT2D eigenvalue weighted by Crippen LogP contribution is -2.39. The molecule has 0 aromatic heterocycles. The first kappa shape index (κ1) is 51.7. The Bertz CT molecular complexity index is 1760. The van der Waals surface area contributed by atoms with Gasteiger partial charge in [0.2, 0.25) is 0 Å². The van der Waals surface area contributed by atoms with Crippen molar-refractivity contribution in [3.05, 3.63) is 130 Å². The van der Waals surface area contributed by atoms with Crippen LogP contribution in [0.3, 0.4) is 0 Å². The van der Waals surface area contributed by atoms with Crippen molar-refractivity contribution in [2.45, 2.75) is 120 Å². The maximum absolute atomic E-state index is 13.3. The summed E-state index contributed by atoms with van der Waals surface area (Å²) in [6.07, 6.45) is 31.8. The van der Waals surface area contributed by atoms with Gasteiger partial charge in [0.15, 0.2) is 17.7 Å². The summed E-state index contributed by atoms with van der Waals surface area (Å²) in [5.74, 6) is -0.362. The van der Waals surface area contributed by atoms with Crippen LogP contribution in [0.5, 0.6) is 0 Å². The van der Waals surface area contributed by atoms with E-state index in [1.54, 1.807) is 0 Å². The summed E-state index contributed by atoms with van der Waals surface area (Å²) in [5, 5.41) is 0. The molecule has 0 spiro atoms. The molecule has 2 aliphatic rings. The minimum absolute atomic E-state index is 0.110. The largest absolute Gasteiger partial charge is 0.454 e. The molecule has 0 saturated heterocycles.